The van der Waals surface area contributed by atoms with Crippen molar-refractivity contribution in [1.29, 1.82) is 0 Å². The highest BCUT2D eigenvalue weighted by Crippen LogP contribution is 2.32. The number of aromatic nitrogens is 1. The Labute approximate surface area is 118 Å². The maximum Gasteiger partial charge on any atom is 0.433 e. The fraction of sp³-hybridized carbons (Fsp3) is 0.0833. The van der Waals surface area contributed by atoms with Crippen molar-refractivity contribution < 1.29 is 22.0 Å². The van der Waals surface area contributed by atoms with Crippen molar-refractivity contribution in [3.05, 3.63) is 51.2 Å². The number of hydrogen-bond donors (Lipinski definition) is 0. The number of nitrogens with zero attached hydrogens (tertiary/aromatic N) is 1. The largest absolute Gasteiger partial charge is 0.433 e. The maximum absolute atomic E-state index is 13.6. The van der Waals surface area contributed by atoms with E-state index in [1.54, 1.807) is 22.6 Å². The molecule has 2 rings (SSSR count). The number of pyridine rings is 1. The molecule has 0 aliphatic heterocycles. The standard InChI is InChI=1S/C12H5F5IN/c13-7-3-1-2-6(10(7)14)11-8(18)4-5-9(19-11)12(15,16)17/h1-5H. The topological polar surface area (TPSA) is 12.9 Å². The second-order valence-electron chi connectivity index (χ2n) is 3.63. The van der Waals surface area contributed by atoms with Gasteiger partial charge >= 0.3 is 6.18 Å². The van der Waals surface area contributed by atoms with Gasteiger partial charge in [0.2, 0.25) is 0 Å². The molecule has 2 aromatic rings. The molecular formula is C12H5F5IN. The molecule has 1 nitrogen and oxygen atoms in total. The van der Waals surface area contributed by atoms with Crippen LogP contribution in [0.4, 0.5) is 22.0 Å². The van der Waals surface area contributed by atoms with E-state index in [1.807, 2.05) is 0 Å². The van der Waals surface area contributed by atoms with E-state index in [0.717, 1.165) is 18.2 Å². The molecule has 0 atom stereocenters. The van der Waals surface area contributed by atoms with Crippen LogP contribution in [0, 0.1) is 15.2 Å². The molecule has 0 bridgehead atoms. The van der Waals surface area contributed by atoms with Crippen LogP contribution in [0.15, 0.2) is 30.3 Å². The summed E-state index contributed by atoms with van der Waals surface area (Å²) in [5.74, 6) is -2.35. The van der Waals surface area contributed by atoms with E-state index in [2.05, 4.69) is 4.98 Å². The highest BCUT2D eigenvalue weighted by molar-refractivity contribution is 14.1. The first-order valence-electron chi connectivity index (χ1n) is 4.99. The van der Waals surface area contributed by atoms with Crippen LogP contribution in [-0.4, -0.2) is 4.98 Å². The van der Waals surface area contributed by atoms with Gasteiger partial charge in [-0.05, 0) is 46.9 Å². The van der Waals surface area contributed by atoms with E-state index in [-0.39, 0.29) is 11.3 Å². The summed E-state index contributed by atoms with van der Waals surface area (Å²) in [6, 6.07) is 5.24. The normalized spacial score (nSPS) is 11.7. The summed E-state index contributed by atoms with van der Waals surface area (Å²) in [5, 5.41) is 0. The summed E-state index contributed by atoms with van der Waals surface area (Å²) < 4.78 is 64.7. The molecule has 0 radical (unpaired) electrons. The fourth-order valence-corrected chi connectivity index (χ4v) is 2.07. The summed E-state index contributed by atoms with van der Waals surface area (Å²) in [5.41, 5.74) is -1.67. The molecule has 0 spiro atoms. The predicted octanol–water partition coefficient (Wildman–Crippen LogP) is 4.65. The van der Waals surface area contributed by atoms with Gasteiger partial charge in [0.05, 0.1) is 5.69 Å². The Hall–Kier alpha value is -1.25. The lowest BCUT2D eigenvalue weighted by atomic mass is 10.1. The summed E-state index contributed by atoms with van der Waals surface area (Å²) >= 11 is 1.72. The van der Waals surface area contributed by atoms with Crippen molar-refractivity contribution in [2.45, 2.75) is 6.18 Å². The van der Waals surface area contributed by atoms with Gasteiger partial charge in [0.1, 0.15) is 5.69 Å². The van der Waals surface area contributed by atoms with Gasteiger partial charge in [-0.25, -0.2) is 13.8 Å². The number of alkyl halides is 3. The maximum atomic E-state index is 13.6. The van der Waals surface area contributed by atoms with Gasteiger partial charge < -0.3 is 0 Å². The lowest BCUT2D eigenvalue weighted by Crippen LogP contribution is -2.09. The zero-order valence-electron chi connectivity index (χ0n) is 9.10. The Kier molecular flexibility index (Phi) is 3.75. The molecule has 1 heterocycles. The first-order valence-corrected chi connectivity index (χ1v) is 6.06. The quantitative estimate of drug-likeness (QED) is 0.515. The van der Waals surface area contributed by atoms with E-state index in [9.17, 15) is 22.0 Å². The number of benzene rings is 1. The molecule has 0 amide bonds. The minimum Gasteiger partial charge on any atom is -0.242 e. The minimum atomic E-state index is -4.64. The van der Waals surface area contributed by atoms with Crippen LogP contribution in [0.2, 0.25) is 0 Å². The fourth-order valence-electron chi connectivity index (χ4n) is 1.48. The molecule has 100 valence electrons. The smallest absolute Gasteiger partial charge is 0.242 e. The summed E-state index contributed by atoms with van der Waals surface area (Å²) in [6.45, 7) is 0. The molecule has 1 aromatic heterocycles. The van der Waals surface area contributed by atoms with E-state index >= 15 is 0 Å². The van der Waals surface area contributed by atoms with Crippen LogP contribution in [0.5, 0.6) is 0 Å². The minimum absolute atomic E-state index is 0.229. The van der Waals surface area contributed by atoms with Crippen molar-refractivity contribution in [1.82, 2.24) is 4.98 Å². The van der Waals surface area contributed by atoms with Gasteiger partial charge in [0, 0.05) is 9.13 Å². The van der Waals surface area contributed by atoms with Crippen LogP contribution in [0.3, 0.4) is 0 Å². The van der Waals surface area contributed by atoms with Gasteiger partial charge in [-0.3, -0.25) is 0 Å². The van der Waals surface area contributed by atoms with Gasteiger partial charge in [-0.15, -0.1) is 0 Å². The molecule has 0 N–H and O–H groups in total. The molecule has 0 aliphatic carbocycles. The van der Waals surface area contributed by atoms with Crippen molar-refractivity contribution >= 4 is 22.6 Å². The van der Waals surface area contributed by atoms with Gasteiger partial charge in [-0.2, -0.15) is 13.2 Å². The van der Waals surface area contributed by atoms with Crippen LogP contribution in [0.1, 0.15) is 5.69 Å². The Bertz CT molecular complexity index is 624. The highest BCUT2D eigenvalue weighted by Gasteiger charge is 2.33. The van der Waals surface area contributed by atoms with E-state index in [0.29, 0.717) is 3.57 Å². The van der Waals surface area contributed by atoms with E-state index < -0.39 is 23.5 Å². The molecule has 0 fully saturated rings. The third-order valence-electron chi connectivity index (χ3n) is 2.34. The molecular weight excluding hydrogens is 380 g/mol. The molecule has 0 unspecified atom stereocenters. The lowest BCUT2D eigenvalue weighted by molar-refractivity contribution is -0.141. The average molecular weight is 385 g/mol. The van der Waals surface area contributed by atoms with Crippen molar-refractivity contribution in [3.8, 4) is 11.3 Å². The molecule has 0 saturated carbocycles. The van der Waals surface area contributed by atoms with E-state index in [1.165, 1.54) is 12.1 Å². The van der Waals surface area contributed by atoms with Crippen LogP contribution < -0.4 is 0 Å². The number of hydrogen-bond acceptors (Lipinski definition) is 1. The Morgan fingerprint density at radius 2 is 1.68 bits per heavy atom. The summed E-state index contributed by atoms with van der Waals surface area (Å²) in [6.07, 6.45) is -4.64. The summed E-state index contributed by atoms with van der Waals surface area (Å²) in [7, 11) is 0. The Balaban J connectivity index is 2.65. The van der Waals surface area contributed by atoms with Gasteiger partial charge in [0.25, 0.3) is 0 Å². The van der Waals surface area contributed by atoms with Crippen molar-refractivity contribution in [3.63, 3.8) is 0 Å². The third-order valence-corrected chi connectivity index (χ3v) is 3.21. The monoisotopic (exact) mass is 385 g/mol. The van der Waals surface area contributed by atoms with E-state index in [4.69, 9.17) is 0 Å². The Morgan fingerprint density at radius 3 is 2.32 bits per heavy atom. The summed E-state index contributed by atoms with van der Waals surface area (Å²) in [4.78, 5) is 3.38. The molecule has 7 heteroatoms. The zero-order valence-corrected chi connectivity index (χ0v) is 11.3. The predicted molar refractivity (Wildman–Crippen MR) is 67.3 cm³/mol. The Morgan fingerprint density at radius 1 is 1.00 bits per heavy atom. The zero-order chi connectivity index (χ0) is 14.2. The first kappa shape index (κ1) is 14.2. The molecule has 0 saturated heterocycles. The van der Waals surface area contributed by atoms with Crippen LogP contribution in [-0.2, 0) is 6.18 Å². The lowest BCUT2D eigenvalue weighted by Gasteiger charge is -2.10. The average Bonchev–Trinajstić information content (AvgIpc) is 2.32. The van der Waals surface area contributed by atoms with Crippen molar-refractivity contribution in [2.75, 3.05) is 0 Å². The second-order valence-corrected chi connectivity index (χ2v) is 4.79. The number of rotatable bonds is 1. The van der Waals surface area contributed by atoms with Gasteiger partial charge in [-0.1, -0.05) is 6.07 Å². The number of halogens is 6. The van der Waals surface area contributed by atoms with Crippen LogP contribution >= 0.6 is 22.6 Å². The molecule has 1 aromatic carbocycles. The van der Waals surface area contributed by atoms with Gasteiger partial charge in [0.15, 0.2) is 11.6 Å². The highest BCUT2D eigenvalue weighted by atomic mass is 127. The second kappa shape index (κ2) is 5.03. The van der Waals surface area contributed by atoms with Crippen molar-refractivity contribution in [2.24, 2.45) is 0 Å². The third kappa shape index (κ3) is 2.85. The van der Waals surface area contributed by atoms with Crippen LogP contribution in [0.25, 0.3) is 11.3 Å². The SMILES string of the molecule is Fc1cccc(-c2nc(C(F)(F)F)ccc2I)c1F. The molecule has 0 aliphatic rings. The molecule has 19 heavy (non-hydrogen) atoms. The first-order chi connectivity index (χ1) is 8.80.